The SMILES string of the molecule is CC(NOCCN(C)C)[C@H]1CC[C@]2(O)[C@@H]3CC[C@@H]4C[C@@H](O)CC[C@]4(C)[C@H]3CC[C@]12C. The van der Waals surface area contributed by atoms with E-state index in [0.29, 0.717) is 35.7 Å². The van der Waals surface area contributed by atoms with E-state index in [4.69, 9.17) is 4.84 Å². The molecule has 4 aliphatic rings. The second-order valence-corrected chi connectivity index (χ2v) is 12.0. The normalized spacial score (nSPS) is 49.4. The Morgan fingerprint density at radius 1 is 1.03 bits per heavy atom. The predicted molar refractivity (Wildman–Crippen MR) is 120 cm³/mol. The Kier molecular flexibility index (Phi) is 6.35. The summed E-state index contributed by atoms with van der Waals surface area (Å²) in [7, 11) is 4.12. The summed E-state index contributed by atoms with van der Waals surface area (Å²) in [5.41, 5.74) is 3.03. The van der Waals surface area contributed by atoms with Gasteiger partial charge in [0.1, 0.15) is 0 Å². The van der Waals surface area contributed by atoms with Crippen molar-refractivity contribution < 1.29 is 15.1 Å². The van der Waals surface area contributed by atoms with Gasteiger partial charge in [-0.05, 0) is 108 Å². The highest BCUT2D eigenvalue weighted by molar-refractivity contribution is 5.17. The van der Waals surface area contributed by atoms with E-state index >= 15 is 0 Å². The molecule has 0 amide bonds. The Balaban J connectivity index is 1.48. The fourth-order valence-corrected chi connectivity index (χ4v) is 8.55. The maximum atomic E-state index is 12.3. The number of fused-ring (bicyclic) bond motifs is 5. The third kappa shape index (κ3) is 3.57. The van der Waals surface area contributed by atoms with Crippen molar-refractivity contribution in [3.63, 3.8) is 0 Å². The molecule has 4 aliphatic carbocycles. The van der Waals surface area contributed by atoms with Crippen LogP contribution in [0.2, 0.25) is 0 Å². The quantitative estimate of drug-likeness (QED) is 0.451. The molecule has 0 aromatic rings. The Labute approximate surface area is 183 Å². The van der Waals surface area contributed by atoms with Gasteiger partial charge in [-0.15, -0.1) is 0 Å². The minimum atomic E-state index is -0.551. The topological polar surface area (TPSA) is 65.0 Å². The van der Waals surface area contributed by atoms with Crippen LogP contribution in [0.1, 0.15) is 78.6 Å². The highest BCUT2D eigenvalue weighted by Crippen LogP contribution is 2.69. The Morgan fingerprint density at radius 3 is 2.53 bits per heavy atom. The van der Waals surface area contributed by atoms with Gasteiger partial charge in [0.15, 0.2) is 0 Å². The maximum Gasteiger partial charge on any atom is 0.0809 e. The van der Waals surface area contributed by atoms with Gasteiger partial charge in [-0.25, -0.2) is 0 Å². The molecule has 0 heterocycles. The molecule has 0 aliphatic heterocycles. The van der Waals surface area contributed by atoms with E-state index in [-0.39, 0.29) is 17.6 Å². The summed E-state index contributed by atoms with van der Waals surface area (Å²) < 4.78 is 0. The van der Waals surface area contributed by atoms with Crippen molar-refractivity contribution in [2.75, 3.05) is 27.2 Å². The molecule has 0 aromatic carbocycles. The van der Waals surface area contributed by atoms with E-state index in [1.165, 1.54) is 12.8 Å². The molecule has 0 spiro atoms. The molecular weight excluding hydrogens is 376 g/mol. The molecule has 0 saturated heterocycles. The van der Waals surface area contributed by atoms with E-state index in [9.17, 15) is 10.2 Å². The van der Waals surface area contributed by atoms with Gasteiger partial charge < -0.3 is 20.0 Å². The summed E-state index contributed by atoms with van der Waals surface area (Å²) in [4.78, 5) is 7.91. The first-order valence-electron chi connectivity index (χ1n) is 12.5. The molecule has 174 valence electrons. The largest absolute Gasteiger partial charge is 0.393 e. The van der Waals surface area contributed by atoms with Crippen LogP contribution in [0.15, 0.2) is 0 Å². The van der Waals surface area contributed by atoms with Gasteiger partial charge in [-0.1, -0.05) is 13.8 Å². The molecule has 1 unspecified atom stereocenters. The summed E-state index contributed by atoms with van der Waals surface area (Å²) in [5.74, 6) is 2.11. The first kappa shape index (κ1) is 23.0. The smallest absolute Gasteiger partial charge is 0.0809 e. The van der Waals surface area contributed by atoms with E-state index in [0.717, 1.165) is 51.5 Å². The van der Waals surface area contributed by atoms with E-state index < -0.39 is 5.60 Å². The highest BCUT2D eigenvalue weighted by atomic mass is 16.6. The van der Waals surface area contributed by atoms with Gasteiger partial charge in [0, 0.05) is 18.0 Å². The number of hydrogen-bond donors (Lipinski definition) is 3. The molecule has 4 rings (SSSR count). The van der Waals surface area contributed by atoms with Crippen LogP contribution in [0.4, 0.5) is 0 Å². The number of hydrogen-bond acceptors (Lipinski definition) is 5. The van der Waals surface area contributed by atoms with E-state index in [1.54, 1.807) is 0 Å². The summed E-state index contributed by atoms with van der Waals surface area (Å²) >= 11 is 0. The molecule has 0 bridgehead atoms. The monoisotopic (exact) mass is 422 g/mol. The lowest BCUT2D eigenvalue weighted by atomic mass is 9.43. The van der Waals surface area contributed by atoms with Crippen molar-refractivity contribution in [1.82, 2.24) is 10.4 Å². The van der Waals surface area contributed by atoms with Crippen LogP contribution >= 0.6 is 0 Å². The number of nitrogens with zero attached hydrogens (tertiary/aromatic N) is 1. The molecule has 4 saturated carbocycles. The maximum absolute atomic E-state index is 12.3. The second kappa shape index (κ2) is 8.30. The summed E-state index contributed by atoms with van der Waals surface area (Å²) in [6, 6.07) is 0.250. The van der Waals surface area contributed by atoms with Crippen LogP contribution in [0.3, 0.4) is 0 Å². The van der Waals surface area contributed by atoms with Crippen LogP contribution in [0, 0.1) is 34.5 Å². The molecule has 5 heteroatoms. The zero-order chi connectivity index (χ0) is 21.7. The molecule has 0 radical (unpaired) electrons. The average Bonchev–Trinajstić information content (AvgIpc) is 2.97. The lowest BCUT2D eigenvalue weighted by molar-refractivity contribution is -0.213. The minimum Gasteiger partial charge on any atom is -0.393 e. The van der Waals surface area contributed by atoms with Crippen LogP contribution in [-0.2, 0) is 4.84 Å². The van der Waals surface area contributed by atoms with Gasteiger partial charge in [0.25, 0.3) is 0 Å². The fraction of sp³-hybridized carbons (Fsp3) is 1.00. The Morgan fingerprint density at radius 2 is 1.80 bits per heavy atom. The minimum absolute atomic E-state index is 0.0388. The fourth-order valence-electron chi connectivity index (χ4n) is 8.55. The zero-order valence-electron chi connectivity index (χ0n) is 20.0. The third-order valence-electron chi connectivity index (χ3n) is 10.4. The predicted octanol–water partition coefficient (Wildman–Crippen LogP) is 3.59. The molecule has 5 nitrogen and oxygen atoms in total. The molecule has 9 atom stereocenters. The van der Waals surface area contributed by atoms with Crippen molar-refractivity contribution in [3.05, 3.63) is 0 Å². The summed E-state index contributed by atoms with van der Waals surface area (Å²) in [6.45, 7) is 8.69. The molecule has 4 fully saturated rings. The standard InChI is InChI=1S/C25H46N2O3/c1-17(26-30-15-14-27(4)5)20-10-13-25(29)22-7-6-18-16-19(28)8-11-23(18,2)21(22)9-12-24(20,25)3/h17-22,26,28-29H,6-16H2,1-5H3/t17?,18-,19+,20-,21+,22-,23+,24-,25+/m1/s1. The van der Waals surface area contributed by atoms with E-state index in [1.807, 2.05) is 0 Å². The van der Waals surface area contributed by atoms with Crippen molar-refractivity contribution in [2.24, 2.45) is 34.5 Å². The van der Waals surface area contributed by atoms with Gasteiger partial charge in [-0.3, -0.25) is 0 Å². The first-order chi connectivity index (χ1) is 14.1. The zero-order valence-corrected chi connectivity index (χ0v) is 20.0. The van der Waals surface area contributed by atoms with Crippen molar-refractivity contribution in [3.8, 4) is 0 Å². The molecule has 3 N–H and O–H groups in total. The summed E-state index contributed by atoms with van der Waals surface area (Å²) in [5, 5.41) is 22.5. The number of aliphatic hydroxyl groups excluding tert-OH is 1. The summed E-state index contributed by atoms with van der Waals surface area (Å²) in [6.07, 6.45) is 9.63. The highest BCUT2D eigenvalue weighted by Gasteiger charge is 2.67. The third-order valence-corrected chi connectivity index (χ3v) is 10.4. The van der Waals surface area contributed by atoms with Gasteiger partial charge in [0.05, 0.1) is 18.3 Å². The lowest BCUT2D eigenvalue weighted by Gasteiger charge is -2.63. The van der Waals surface area contributed by atoms with Gasteiger partial charge in [-0.2, -0.15) is 5.48 Å². The molecular formula is C25H46N2O3. The van der Waals surface area contributed by atoms with E-state index in [2.05, 4.69) is 45.2 Å². The van der Waals surface area contributed by atoms with Crippen LogP contribution in [-0.4, -0.2) is 60.1 Å². The number of nitrogens with one attached hydrogen (secondary N) is 1. The lowest BCUT2D eigenvalue weighted by Crippen LogP contribution is -2.63. The van der Waals surface area contributed by atoms with Crippen LogP contribution < -0.4 is 5.48 Å². The molecule has 30 heavy (non-hydrogen) atoms. The number of aliphatic hydroxyl groups is 2. The van der Waals surface area contributed by atoms with Crippen LogP contribution in [0.25, 0.3) is 0 Å². The van der Waals surface area contributed by atoms with Crippen LogP contribution in [0.5, 0.6) is 0 Å². The van der Waals surface area contributed by atoms with Crippen molar-refractivity contribution in [1.29, 1.82) is 0 Å². The van der Waals surface area contributed by atoms with Gasteiger partial charge in [0.2, 0.25) is 0 Å². The first-order valence-corrected chi connectivity index (χ1v) is 12.5. The number of likely N-dealkylation sites (N-methyl/N-ethyl adjacent to an activating group) is 1. The Hall–Kier alpha value is -0.200. The van der Waals surface area contributed by atoms with Gasteiger partial charge >= 0.3 is 0 Å². The Bertz CT molecular complexity index is 615. The molecule has 0 aromatic heterocycles. The average molecular weight is 423 g/mol. The van der Waals surface area contributed by atoms with Crippen molar-refractivity contribution >= 4 is 0 Å². The van der Waals surface area contributed by atoms with Crippen molar-refractivity contribution in [2.45, 2.75) is 96.3 Å². The number of rotatable bonds is 6. The number of hydroxylamine groups is 1. The second-order valence-electron chi connectivity index (χ2n) is 12.0.